The number of thiocarbonyl (C=S) groups is 1. The van der Waals surface area contributed by atoms with Crippen molar-refractivity contribution in [3.05, 3.63) is 34.7 Å². The summed E-state index contributed by atoms with van der Waals surface area (Å²) < 4.78 is 5.66. The lowest BCUT2D eigenvalue weighted by Crippen LogP contribution is -2.38. The SMILES string of the molecule is COc1ccc(/C=C2\SC(=S)N(CCCCCC(=O)NC(C)C(=O)O)C2=O)cc1. The first-order valence-corrected chi connectivity index (χ1v) is 10.5. The molecule has 2 rings (SSSR count). The number of nitrogens with one attached hydrogen (secondary N) is 1. The van der Waals surface area contributed by atoms with Gasteiger partial charge in [-0.2, -0.15) is 0 Å². The van der Waals surface area contributed by atoms with Gasteiger partial charge in [-0.25, -0.2) is 0 Å². The highest BCUT2D eigenvalue weighted by atomic mass is 32.2. The highest BCUT2D eigenvalue weighted by Crippen LogP contribution is 2.33. The number of thioether (sulfide) groups is 1. The van der Waals surface area contributed by atoms with Gasteiger partial charge in [-0.15, -0.1) is 0 Å². The van der Waals surface area contributed by atoms with E-state index in [1.807, 2.05) is 30.3 Å². The number of carbonyl (C=O) groups excluding carboxylic acids is 2. The third-order valence-electron chi connectivity index (χ3n) is 4.32. The fourth-order valence-corrected chi connectivity index (χ4v) is 3.96. The third kappa shape index (κ3) is 6.86. The minimum absolute atomic E-state index is 0.108. The van der Waals surface area contributed by atoms with Gasteiger partial charge in [0.15, 0.2) is 0 Å². The summed E-state index contributed by atoms with van der Waals surface area (Å²) in [6, 6.07) is 6.53. The zero-order valence-corrected chi connectivity index (χ0v) is 18.0. The van der Waals surface area contributed by atoms with Crippen molar-refractivity contribution in [2.45, 2.75) is 38.6 Å². The maximum atomic E-state index is 12.6. The summed E-state index contributed by atoms with van der Waals surface area (Å²) in [5.74, 6) is -0.701. The van der Waals surface area contributed by atoms with Gasteiger partial charge in [0.2, 0.25) is 5.91 Å². The predicted molar refractivity (Wildman–Crippen MR) is 117 cm³/mol. The molecule has 1 aliphatic rings. The molecule has 0 aromatic heterocycles. The molecular weight excluding hydrogens is 412 g/mol. The van der Waals surface area contributed by atoms with Gasteiger partial charge < -0.3 is 15.2 Å². The van der Waals surface area contributed by atoms with Crippen LogP contribution in [0.25, 0.3) is 6.08 Å². The highest BCUT2D eigenvalue weighted by molar-refractivity contribution is 8.26. The van der Waals surface area contributed by atoms with Gasteiger partial charge >= 0.3 is 5.97 Å². The van der Waals surface area contributed by atoms with Gasteiger partial charge in [0, 0.05) is 13.0 Å². The predicted octanol–water partition coefficient (Wildman–Crippen LogP) is 3.05. The lowest BCUT2D eigenvalue weighted by atomic mass is 10.1. The van der Waals surface area contributed by atoms with E-state index in [-0.39, 0.29) is 18.2 Å². The van der Waals surface area contributed by atoms with Crippen LogP contribution in [0.15, 0.2) is 29.2 Å². The number of nitrogens with zero attached hydrogens (tertiary/aromatic N) is 1. The molecule has 0 spiro atoms. The van der Waals surface area contributed by atoms with E-state index in [0.29, 0.717) is 28.6 Å². The van der Waals surface area contributed by atoms with Gasteiger partial charge in [0.25, 0.3) is 5.91 Å². The van der Waals surface area contributed by atoms with Gasteiger partial charge in [0.1, 0.15) is 16.1 Å². The van der Waals surface area contributed by atoms with E-state index in [9.17, 15) is 14.4 Å². The molecule has 0 saturated carbocycles. The third-order valence-corrected chi connectivity index (χ3v) is 5.70. The van der Waals surface area contributed by atoms with Crippen molar-refractivity contribution in [3.8, 4) is 5.75 Å². The molecule has 9 heteroatoms. The number of methoxy groups -OCH3 is 1. The van der Waals surface area contributed by atoms with Crippen LogP contribution in [0, 0.1) is 0 Å². The van der Waals surface area contributed by atoms with Crippen molar-refractivity contribution in [1.29, 1.82) is 0 Å². The molecule has 1 saturated heterocycles. The Morgan fingerprint density at radius 1 is 1.28 bits per heavy atom. The Morgan fingerprint density at radius 3 is 2.59 bits per heavy atom. The van der Waals surface area contributed by atoms with Crippen molar-refractivity contribution >= 4 is 52.2 Å². The Balaban J connectivity index is 1.78. The fraction of sp³-hybridized carbons (Fsp3) is 0.400. The second-order valence-electron chi connectivity index (χ2n) is 6.54. The van der Waals surface area contributed by atoms with Crippen LogP contribution < -0.4 is 10.1 Å². The van der Waals surface area contributed by atoms with Gasteiger partial charge in [-0.05, 0) is 43.5 Å². The topological polar surface area (TPSA) is 95.9 Å². The van der Waals surface area contributed by atoms with E-state index in [1.165, 1.54) is 18.7 Å². The van der Waals surface area contributed by atoms with E-state index in [4.69, 9.17) is 22.1 Å². The molecule has 156 valence electrons. The average molecular weight is 437 g/mol. The minimum atomic E-state index is -1.06. The maximum absolute atomic E-state index is 12.6. The van der Waals surface area contributed by atoms with Crippen LogP contribution in [0.2, 0.25) is 0 Å². The van der Waals surface area contributed by atoms with E-state index in [0.717, 1.165) is 17.7 Å². The first kappa shape index (κ1) is 22.9. The summed E-state index contributed by atoms with van der Waals surface area (Å²) in [7, 11) is 1.60. The summed E-state index contributed by atoms with van der Waals surface area (Å²) in [6.07, 6.45) is 4.14. The standard InChI is InChI=1S/C20H24N2O5S2/c1-13(19(25)26)21-17(23)6-4-3-5-11-22-18(24)16(29-20(22)28)12-14-7-9-15(27-2)10-8-14/h7-10,12-13H,3-6,11H2,1-2H3,(H,21,23)(H,25,26)/b16-12-. The molecule has 1 unspecified atom stereocenters. The molecule has 1 atom stereocenters. The van der Waals surface area contributed by atoms with Crippen LogP contribution in [0.3, 0.4) is 0 Å². The fourth-order valence-electron chi connectivity index (χ4n) is 2.65. The molecule has 29 heavy (non-hydrogen) atoms. The number of hydrogen-bond donors (Lipinski definition) is 2. The molecule has 1 fully saturated rings. The molecule has 1 heterocycles. The number of aliphatic carboxylic acids is 1. The number of amides is 2. The van der Waals surface area contributed by atoms with Crippen molar-refractivity contribution < 1.29 is 24.2 Å². The van der Waals surface area contributed by atoms with Gasteiger partial charge in [0.05, 0.1) is 12.0 Å². The number of benzene rings is 1. The zero-order chi connectivity index (χ0) is 21.4. The summed E-state index contributed by atoms with van der Waals surface area (Å²) in [5, 5.41) is 11.2. The summed E-state index contributed by atoms with van der Waals surface area (Å²) >= 11 is 6.61. The summed E-state index contributed by atoms with van der Waals surface area (Å²) in [4.78, 5) is 37.1. The largest absolute Gasteiger partial charge is 0.497 e. The van der Waals surface area contributed by atoms with Crippen molar-refractivity contribution in [2.24, 2.45) is 0 Å². The molecular formula is C20H24N2O5S2. The van der Waals surface area contributed by atoms with Crippen molar-refractivity contribution in [2.75, 3.05) is 13.7 Å². The first-order chi connectivity index (χ1) is 13.8. The number of carboxylic acid groups (broad SMARTS) is 1. The molecule has 2 amide bonds. The Morgan fingerprint density at radius 2 is 1.97 bits per heavy atom. The number of rotatable bonds is 10. The van der Waals surface area contributed by atoms with E-state index < -0.39 is 12.0 Å². The van der Waals surface area contributed by atoms with Gasteiger partial charge in [-0.3, -0.25) is 19.3 Å². The lowest BCUT2D eigenvalue weighted by Gasteiger charge is -2.14. The minimum Gasteiger partial charge on any atom is -0.497 e. The van der Waals surface area contributed by atoms with Gasteiger partial charge in [-0.1, -0.05) is 42.5 Å². The second-order valence-corrected chi connectivity index (χ2v) is 8.22. The van der Waals surface area contributed by atoms with Crippen LogP contribution in [-0.2, 0) is 14.4 Å². The molecule has 0 aliphatic carbocycles. The number of ether oxygens (including phenoxy) is 1. The second kappa shape index (κ2) is 11.0. The van der Waals surface area contributed by atoms with Crippen LogP contribution in [0.4, 0.5) is 0 Å². The van der Waals surface area contributed by atoms with E-state index >= 15 is 0 Å². The first-order valence-electron chi connectivity index (χ1n) is 9.23. The Bertz CT molecular complexity index is 808. The Hall–Kier alpha value is -2.39. The molecule has 7 nitrogen and oxygen atoms in total. The molecule has 0 bridgehead atoms. The van der Waals surface area contributed by atoms with Crippen LogP contribution in [0.1, 0.15) is 38.2 Å². The molecule has 0 radical (unpaired) electrons. The number of carboxylic acids is 1. The number of carbonyl (C=O) groups is 3. The monoisotopic (exact) mass is 436 g/mol. The quantitative estimate of drug-likeness (QED) is 0.331. The molecule has 1 aromatic rings. The van der Waals surface area contributed by atoms with E-state index in [2.05, 4.69) is 5.32 Å². The molecule has 1 aromatic carbocycles. The Labute approximate surface area is 179 Å². The van der Waals surface area contributed by atoms with Crippen LogP contribution >= 0.6 is 24.0 Å². The van der Waals surface area contributed by atoms with Crippen LogP contribution in [0.5, 0.6) is 5.75 Å². The Kier molecular flexibility index (Phi) is 8.66. The van der Waals surface area contributed by atoms with E-state index in [1.54, 1.807) is 12.0 Å². The molecule has 1 aliphatic heterocycles. The normalized spacial score (nSPS) is 16.2. The molecule has 2 N–H and O–H groups in total. The smallest absolute Gasteiger partial charge is 0.325 e. The average Bonchev–Trinajstić information content (AvgIpc) is 2.95. The van der Waals surface area contributed by atoms with Crippen LogP contribution in [-0.4, -0.2) is 51.8 Å². The van der Waals surface area contributed by atoms with Crippen molar-refractivity contribution in [1.82, 2.24) is 10.2 Å². The summed E-state index contributed by atoms with van der Waals surface area (Å²) in [6.45, 7) is 1.92. The maximum Gasteiger partial charge on any atom is 0.325 e. The van der Waals surface area contributed by atoms with Crippen molar-refractivity contribution in [3.63, 3.8) is 0 Å². The number of hydrogen-bond acceptors (Lipinski definition) is 6. The summed E-state index contributed by atoms with van der Waals surface area (Å²) in [5.41, 5.74) is 0.896. The highest BCUT2D eigenvalue weighted by Gasteiger charge is 2.31. The number of unbranched alkanes of at least 4 members (excludes halogenated alkanes) is 2. The lowest BCUT2D eigenvalue weighted by molar-refractivity contribution is -0.141. The zero-order valence-electron chi connectivity index (χ0n) is 16.3.